The van der Waals surface area contributed by atoms with Gasteiger partial charge in [-0.1, -0.05) is 42.5 Å². The predicted octanol–water partition coefficient (Wildman–Crippen LogP) is 3.57. The van der Waals surface area contributed by atoms with Crippen LogP contribution in [0.1, 0.15) is 24.4 Å². The molecule has 1 saturated carbocycles. The van der Waals surface area contributed by atoms with Gasteiger partial charge in [0.1, 0.15) is 30.1 Å². The van der Waals surface area contributed by atoms with Crippen molar-refractivity contribution in [2.24, 2.45) is 5.92 Å². The van der Waals surface area contributed by atoms with E-state index in [1.807, 2.05) is 36.4 Å². The molecule has 208 valence electrons. The van der Waals surface area contributed by atoms with Crippen LogP contribution in [-0.4, -0.2) is 76.6 Å². The number of likely N-dealkylation sites (N-methyl/N-ethyl adjacent to an activating group) is 1. The fraction of sp³-hybridized carbons (Fsp3) is 0.387. The van der Waals surface area contributed by atoms with Crippen LogP contribution in [-0.2, 0) is 11.4 Å². The molecule has 0 unspecified atom stereocenters. The molecule has 9 nitrogen and oxygen atoms in total. The highest BCUT2D eigenvalue weighted by Crippen LogP contribution is 2.43. The number of aromatic nitrogens is 3. The molecule has 40 heavy (non-hydrogen) atoms. The molecular weight excluding hydrogens is 502 g/mol. The van der Waals surface area contributed by atoms with Crippen LogP contribution in [0.15, 0.2) is 67.1 Å². The lowest BCUT2D eigenvalue weighted by Crippen LogP contribution is -2.49. The Kier molecular flexibility index (Phi) is 7.66. The lowest BCUT2D eigenvalue weighted by Gasteiger charge is -2.37. The highest BCUT2D eigenvalue weighted by molar-refractivity contribution is 6.00. The molecule has 0 bridgehead atoms. The summed E-state index contributed by atoms with van der Waals surface area (Å²) in [7, 11) is 2.13. The molecule has 1 aliphatic heterocycles. The number of hydrogen-bond donors (Lipinski definition) is 2. The van der Waals surface area contributed by atoms with Crippen molar-refractivity contribution in [3.63, 3.8) is 0 Å². The number of nitrogens with zero attached hydrogens (tertiary/aromatic N) is 5. The molecule has 6 rings (SSSR count). The second-order valence-corrected chi connectivity index (χ2v) is 11.1. The SMILES string of the molecule is CN1CCN(CC(=O)NCC2CC(n3cc(-c4cccc(OCc5ccccc5)c4)c4c(N)ncnc43)C2)CC1. The van der Waals surface area contributed by atoms with Gasteiger partial charge in [-0.3, -0.25) is 9.69 Å². The van der Waals surface area contributed by atoms with Crippen molar-refractivity contribution in [1.29, 1.82) is 0 Å². The number of nitrogen functional groups attached to an aromatic ring is 1. The average molecular weight is 540 g/mol. The number of piperazine rings is 1. The topological polar surface area (TPSA) is 102 Å². The van der Waals surface area contributed by atoms with E-state index in [-0.39, 0.29) is 5.91 Å². The van der Waals surface area contributed by atoms with Gasteiger partial charge in [-0.05, 0) is 49.1 Å². The number of carbonyl (C=O) groups is 1. The Morgan fingerprint density at radius 3 is 2.65 bits per heavy atom. The Hall–Kier alpha value is -3.95. The molecule has 0 spiro atoms. The van der Waals surface area contributed by atoms with E-state index in [0.717, 1.165) is 72.5 Å². The van der Waals surface area contributed by atoms with Gasteiger partial charge in [0, 0.05) is 50.5 Å². The lowest BCUT2D eigenvalue weighted by atomic mass is 9.80. The van der Waals surface area contributed by atoms with Gasteiger partial charge in [0.15, 0.2) is 0 Å². The molecule has 2 fully saturated rings. The Morgan fingerprint density at radius 2 is 1.85 bits per heavy atom. The number of benzene rings is 2. The normalized spacial score (nSPS) is 19.8. The summed E-state index contributed by atoms with van der Waals surface area (Å²) in [5, 5.41) is 4.03. The number of carbonyl (C=O) groups excluding carboxylic acids is 1. The summed E-state index contributed by atoms with van der Waals surface area (Å²) in [5.41, 5.74) is 10.4. The molecule has 1 aliphatic carbocycles. The quantitative estimate of drug-likeness (QED) is 0.335. The highest BCUT2D eigenvalue weighted by atomic mass is 16.5. The Balaban J connectivity index is 1.11. The van der Waals surface area contributed by atoms with Crippen molar-refractivity contribution in [3.05, 3.63) is 72.7 Å². The third-order valence-corrected chi connectivity index (χ3v) is 8.19. The maximum Gasteiger partial charge on any atom is 0.234 e. The van der Waals surface area contributed by atoms with Crippen LogP contribution in [0, 0.1) is 5.92 Å². The minimum absolute atomic E-state index is 0.122. The van der Waals surface area contributed by atoms with Gasteiger partial charge in [0.2, 0.25) is 5.91 Å². The standard InChI is InChI=1S/C31H37N7O2/c1-36-10-12-37(13-11-36)19-28(39)33-17-23-14-25(15-23)38-18-27(29-30(32)34-21-35-31(29)38)24-8-5-9-26(16-24)40-20-22-6-3-2-4-7-22/h2-9,16,18,21,23,25H,10-15,17,19-20H2,1H3,(H,33,39)(H2,32,34,35). The van der Waals surface area contributed by atoms with Crippen LogP contribution in [0.25, 0.3) is 22.2 Å². The summed E-state index contributed by atoms with van der Waals surface area (Å²) in [4.78, 5) is 26.0. The molecular formula is C31H37N7O2. The van der Waals surface area contributed by atoms with Crippen molar-refractivity contribution in [2.75, 3.05) is 52.0 Å². The van der Waals surface area contributed by atoms with Crippen LogP contribution in [0.5, 0.6) is 5.75 Å². The zero-order valence-corrected chi connectivity index (χ0v) is 23.0. The third kappa shape index (κ3) is 5.80. The van der Waals surface area contributed by atoms with Crippen molar-refractivity contribution in [1.82, 2.24) is 29.7 Å². The van der Waals surface area contributed by atoms with Crippen LogP contribution in [0.2, 0.25) is 0 Å². The number of anilines is 1. The van der Waals surface area contributed by atoms with Crippen molar-refractivity contribution in [2.45, 2.75) is 25.5 Å². The van der Waals surface area contributed by atoms with Crippen LogP contribution in [0.4, 0.5) is 5.82 Å². The summed E-state index contributed by atoms with van der Waals surface area (Å²) in [6, 6.07) is 18.5. The number of rotatable bonds is 9. The molecule has 3 N–H and O–H groups in total. The molecule has 3 heterocycles. The van der Waals surface area contributed by atoms with E-state index >= 15 is 0 Å². The summed E-state index contributed by atoms with van der Waals surface area (Å²) in [6.07, 6.45) is 5.66. The number of hydrogen-bond acceptors (Lipinski definition) is 7. The monoisotopic (exact) mass is 539 g/mol. The van der Waals surface area contributed by atoms with Crippen molar-refractivity contribution in [3.8, 4) is 16.9 Å². The van der Waals surface area contributed by atoms with Gasteiger partial charge in [0.25, 0.3) is 0 Å². The van der Waals surface area contributed by atoms with Gasteiger partial charge < -0.3 is 25.3 Å². The molecule has 1 saturated heterocycles. The smallest absolute Gasteiger partial charge is 0.234 e. The van der Waals surface area contributed by atoms with E-state index in [1.165, 1.54) is 6.33 Å². The zero-order valence-electron chi connectivity index (χ0n) is 23.0. The van der Waals surface area contributed by atoms with Crippen LogP contribution >= 0.6 is 0 Å². The molecule has 2 aliphatic rings. The first kappa shape index (κ1) is 26.3. The second-order valence-electron chi connectivity index (χ2n) is 11.1. The maximum atomic E-state index is 12.5. The first-order valence-corrected chi connectivity index (χ1v) is 14.1. The molecule has 2 aromatic heterocycles. The predicted molar refractivity (Wildman–Crippen MR) is 157 cm³/mol. The number of ether oxygens (including phenoxy) is 1. The lowest BCUT2D eigenvalue weighted by molar-refractivity contribution is -0.123. The summed E-state index contributed by atoms with van der Waals surface area (Å²) >= 11 is 0. The van der Waals surface area contributed by atoms with Gasteiger partial charge in [0.05, 0.1) is 11.9 Å². The molecule has 1 amide bonds. The molecule has 2 aromatic carbocycles. The minimum atomic E-state index is 0.122. The van der Waals surface area contributed by atoms with Crippen LogP contribution in [0.3, 0.4) is 0 Å². The third-order valence-electron chi connectivity index (χ3n) is 8.19. The van der Waals surface area contributed by atoms with Gasteiger partial charge >= 0.3 is 0 Å². The van der Waals surface area contributed by atoms with Crippen LogP contribution < -0.4 is 15.8 Å². The average Bonchev–Trinajstić information content (AvgIpc) is 3.34. The Morgan fingerprint density at radius 1 is 1.05 bits per heavy atom. The molecule has 0 atom stereocenters. The molecule has 0 radical (unpaired) electrons. The number of fused-ring (bicyclic) bond motifs is 1. The van der Waals surface area contributed by atoms with Gasteiger partial charge in [-0.25, -0.2) is 9.97 Å². The highest BCUT2D eigenvalue weighted by Gasteiger charge is 2.33. The number of nitrogens with one attached hydrogen (secondary N) is 1. The Bertz CT molecular complexity index is 1460. The van der Waals surface area contributed by atoms with E-state index in [1.54, 1.807) is 0 Å². The fourth-order valence-electron chi connectivity index (χ4n) is 5.72. The van der Waals surface area contributed by atoms with Crippen molar-refractivity contribution < 1.29 is 9.53 Å². The van der Waals surface area contributed by atoms with E-state index in [4.69, 9.17) is 10.5 Å². The van der Waals surface area contributed by atoms with Crippen molar-refractivity contribution >= 4 is 22.8 Å². The first-order chi connectivity index (χ1) is 19.5. The van der Waals surface area contributed by atoms with Gasteiger partial charge in [-0.2, -0.15) is 0 Å². The first-order valence-electron chi connectivity index (χ1n) is 14.1. The van der Waals surface area contributed by atoms with E-state index in [9.17, 15) is 4.79 Å². The van der Waals surface area contributed by atoms with E-state index in [0.29, 0.717) is 37.5 Å². The summed E-state index contributed by atoms with van der Waals surface area (Å²) in [5.74, 6) is 1.85. The summed E-state index contributed by atoms with van der Waals surface area (Å²) in [6.45, 7) is 5.64. The minimum Gasteiger partial charge on any atom is -0.489 e. The van der Waals surface area contributed by atoms with E-state index < -0.39 is 0 Å². The maximum absolute atomic E-state index is 12.5. The fourth-order valence-corrected chi connectivity index (χ4v) is 5.72. The zero-order chi connectivity index (χ0) is 27.5. The number of nitrogens with two attached hydrogens (primary N) is 1. The molecule has 4 aromatic rings. The number of amides is 1. The van der Waals surface area contributed by atoms with E-state index in [2.05, 4.69) is 61.1 Å². The molecule has 9 heteroatoms. The summed E-state index contributed by atoms with van der Waals surface area (Å²) < 4.78 is 8.33. The largest absolute Gasteiger partial charge is 0.489 e. The van der Waals surface area contributed by atoms with Gasteiger partial charge in [-0.15, -0.1) is 0 Å². The second kappa shape index (κ2) is 11.7. The Labute approximate surface area is 235 Å².